The van der Waals surface area contributed by atoms with Crippen LogP contribution in [-0.2, 0) is 12.8 Å². The molecule has 0 spiro atoms. The van der Waals surface area contributed by atoms with E-state index >= 15 is 0 Å². The molecule has 1 rings (SSSR count). The summed E-state index contributed by atoms with van der Waals surface area (Å²) in [7, 11) is 0. The Hall–Kier alpha value is -0.848. The van der Waals surface area contributed by atoms with Crippen LogP contribution in [0.25, 0.3) is 0 Å². The molecule has 3 nitrogen and oxygen atoms in total. The third-order valence-electron chi connectivity index (χ3n) is 2.05. The van der Waals surface area contributed by atoms with Crippen LogP contribution in [0, 0.1) is 0 Å². The maximum absolute atomic E-state index is 10.6. The summed E-state index contributed by atoms with van der Waals surface area (Å²) >= 11 is 2.10. The van der Waals surface area contributed by atoms with Crippen LogP contribution in [0.15, 0.2) is 18.2 Å². The molecule has 0 atom stereocenters. The number of carbonyl (C=O) groups is 1. The average Bonchev–Trinajstić information content (AvgIpc) is 2.18. The minimum Gasteiger partial charge on any atom is -0.374 e. The summed E-state index contributed by atoms with van der Waals surface area (Å²) < 4.78 is -0.0697. The van der Waals surface area contributed by atoms with Gasteiger partial charge in [0.1, 0.15) is 0 Å². The Balaban J connectivity index is 2.46. The van der Waals surface area contributed by atoms with Crippen LogP contribution in [-0.4, -0.2) is 32.6 Å². The second-order valence-electron chi connectivity index (χ2n) is 3.41. The quantitative estimate of drug-likeness (QED) is 0.760. The number of aryl methyl sites for hydroxylation is 1. The standard InChI is InChI=1S/C11H15N2O.Al/c1-2-4-10-5-3-6-11(13-10)7-8-12-9-14;/h3,5-6H,2,4,7-8H2,1H3,(H,12,14);. The number of hydrogen-bond acceptors (Lipinski definition) is 2. The van der Waals surface area contributed by atoms with Gasteiger partial charge in [0.2, 0.25) is 0 Å². The van der Waals surface area contributed by atoms with Crippen molar-refractivity contribution in [2.45, 2.75) is 26.2 Å². The normalized spacial score (nSPS) is 9.93. The molecular weight excluding hydrogens is 203 g/mol. The number of aromatic nitrogens is 1. The maximum Gasteiger partial charge on any atom is 0.281 e. The smallest absolute Gasteiger partial charge is 0.281 e. The van der Waals surface area contributed by atoms with Crippen LogP contribution < -0.4 is 5.32 Å². The summed E-state index contributed by atoms with van der Waals surface area (Å²) in [5.41, 5.74) is 2.17. The molecule has 1 heterocycles. The fourth-order valence-corrected chi connectivity index (χ4v) is 1.52. The molecule has 0 unspecified atom stereocenters. The van der Waals surface area contributed by atoms with Crippen molar-refractivity contribution in [2.24, 2.45) is 0 Å². The minimum atomic E-state index is -0.0697. The van der Waals surface area contributed by atoms with Crippen molar-refractivity contribution in [1.29, 1.82) is 0 Å². The molecule has 0 saturated carbocycles. The lowest BCUT2D eigenvalue weighted by Gasteiger charge is -2.04. The van der Waals surface area contributed by atoms with Crippen LogP contribution in [0.5, 0.6) is 0 Å². The first-order valence-electron chi connectivity index (χ1n) is 5.20. The fourth-order valence-electron chi connectivity index (χ4n) is 1.38. The van der Waals surface area contributed by atoms with Gasteiger partial charge in [-0.1, -0.05) is 19.4 Å². The summed E-state index contributed by atoms with van der Waals surface area (Å²) in [6, 6.07) is 6.06. The van der Waals surface area contributed by atoms with Gasteiger partial charge in [-0.05, 0) is 18.6 Å². The van der Waals surface area contributed by atoms with E-state index in [1.807, 2.05) is 18.2 Å². The Morgan fingerprint density at radius 3 is 2.67 bits per heavy atom. The van der Waals surface area contributed by atoms with E-state index in [9.17, 15) is 4.79 Å². The van der Waals surface area contributed by atoms with Crippen molar-refractivity contribution in [2.75, 3.05) is 6.54 Å². The number of hydrogen-bond donors (Lipinski definition) is 1. The lowest BCUT2D eigenvalue weighted by atomic mass is 10.2. The van der Waals surface area contributed by atoms with Crippen LogP contribution in [0.3, 0.4) is 0 Å². The van der Waals surface area contributed by atoms with Crippen LogP contribution in [0.4, 0.5) is 4.79 Å². The summed E-state index contributed by atoms with van der Waals surface area (Å²) in [6.07, 6.45) is 2.92. The Bertz CT molecular complexity index is 328. The summed E-state index contributed by atoms with van der Waals surface area (Å²) in [5.74, 6) is 0. The number of nitrogens with zero attached hydrogens (tertiary/aromatic N) is 1. The minimum absolute atomic E-state index is 0.0697. The summed E-state index contributed by atoms with van der Waals surface area (Å²) in [5, 5.41) is 2.73. The van der Waals surface area contributed by atoms with Crippen molar-refractivity contribution in [1.82, 2.24) is 10.3 Å². The molecule has 1 N–H and O–H groups in total. The highest BCUT2D eigenvalue weighted by molar-refractivity contribution is 6.57. The Morgan fingerprint density at radius 1 is 1.40 bits per heavy atom. The molecule has 2 radical (unpaired) electrons. The first kappa shape index (κ1) is 12.2. The van der Waals surface area contributed by atoms with Gasteiger partial charge < -0.3 is 10.1 Å². The first-order chi connectivity index (χ1) is 7.22. The van der Waals surface area contributed by atoms with Gasteiger partial charge in [-0.2, -0.15) is 0 Å². The van der Waals surface area contributed by atoms with Gasteiger partial charge in [-0.25, -0.2) is 0 Å². The van der Waals surface area contributed by atoms with Gasteiger partial charge in [-0.3, -0.25) is 4.98 Å². The lowest BCUT2D eigenvalue weighted by Crippen LogP contribution is -2.24. The van der Waals surface area contributed by atoms with Gasteiger partial charge in [0, 0.05) is 24.4 Å². The second kappa shape index (κ2) is 6.60. The van der Waals surface area contributed by atoms with E-state index in [1.54, 1.807) is 0 Å². The number of carbonyl (C=O) groups excluding carboxylic acids is 1. The predicted octanol–water partition coefficient (Wildman–Crippen LogP) is 1.45. The topological polar surface area (TPSA) is 42.0 Å². The maximum atomic E-state index is 10.6. The molecule has 0 aliphatic heterocycles. The van der Waals surface area contributed by atoms with E-state index in [-0.39, 0.29) is 4.77 Å². The molecule has 15 heavy (non-hydrogen) atoms. The van der Waals surface area contributed by atoms with Gasteiger partial charge in [0.15, 0.2) is 0 Å². The monoisotopic (exact) mass is 218 g/mol. The zero-order chi connectivity index (χ0) is 11.1. The summed E-state index contributed by atoms with van der Waals surface area (Å²) in [6.45, 7) is 2.79. The molecule has 0 fully saturated rings. The molecule has 4 heteroatoms. The van der Waals surface area contributed by atoms with E-state index in [2.05, 4.69) is 33.5 Å². The number of rotatable bonds is 5. The van der Waals surface area contributed by atoms with Crippen molar-refractivity contribution in [3.63, 3.8) is 0 Å². The largest absolute Gasteiger partial charge is 0.374 e. The van der Waals surface area contributed by atoms with Gasteiger partial charge >= 0.3 is 0 Å². The molecule has 0 bridgehead atoms. The Kier molecular flexibility index (Phi) is 5.38. The van der Waals surface area contributed by atoms with Gasteiger partial charge in [0.25, 0.3) is 16.3 Å². The third-order valence-corrected chi connectivity index (χ3v) is 2.26. The lowest BCUT2D eigenvalue weighted by molar-refractivity contribution is 0.259. The van der Waals surface area contributed by atoms with Crippen LogP contribution in [0.1, 0.15) is 24.7 Å². The zero-order valence-corrected chi connectivity index (χ0v) is 10.1. The molecule has 0 aliphatic carbocycles. The molecule has 1 aromatic rings. The van der Waals surface area contributed by atoms with E-state index in [0.717, 1.165) is 30.7 Å². The first-order valence-corrected chi connectivity index (χ1v) is 5.78. The molecule has 78 valence electrons. The molecule has 0 aromatic carbocycles. The highest BCUT2D eigenvalue weighted by Gasteiger charge is 1.97. The molecule has 1 aromatic heterocycles. The van der Waals surface area contributed by atoms with Crippen LogP contribution in [0.2, 0.25) is 0 Å². The van der Waals surface area contributed by atoms with E-state index in [0.29, 0.717) is 6.54 Å². The van der Waals surface area contributed by atoms with Gasteiger partial charge in [0.05, 0.1) is 4.77 Å². The second-order valence-corrected chi connectivity index (χ2v) is 3.94. The highest BCUT2D eigenvalue weighted by atomic mass is 27.0. The SMILES string of the molecule is CCCc1cccc(CCN[C](=O)[Al])n1. The van der Waals surface area contributed by atoms with E-state index in [1.165, 1.54) is 0 Å². The fraction of sp³-hybridized carbons (Fsp3) is 0.455. The Morgan fingerprint density at radius 2 is 2.07 bits per heavy atom. The number of pyridine rings is 1. The number of nitrogens with one attached hydrogen (secondary N) is 1. The molecule has 0 aliphatic rings. The molecular formula is C11H15AlN2O. The zero-order valence-electron chi connectivity index (χ0n) is 8.99. The van der Waals surface area contributed by atoms with E-state index in [4.69, 9.17) is 0 Å². The number of amides is 1. The van der Waals surface area contributed by atoms with Crippen molar-refractivity contribution in [3.05, 3.63) is 29.6 Å². The Labute approximate surface area is 98.7 Å². The molecule has 0 saturated heterocycles. The summed E-state index contributed by atoms with van der Waals surface area (Å²) in [4.78, 5) is 15.1. The molecule has 1 amide bonds. The van der Waals surface area contributed by atoms with Gasteiger partial charge in [-0.15, -0.1) is 0 Å². The van der Waals surface area contributed by atoms with Crippen LogP contribution >= 0.6 is 0 Å². The predicted molar refractivity (Wildman–Crippen MR) is 61.1 cm³/mol. The third kappa shape index (κ3) is 4.96. The van der Waals surface area contributed by atoms with E-state index < -0.39 is 0 Å². The highest BCUT2D eigenvalue weighted by Crippen LogP contribution is 2.02. The van der Waals surface area contributed by atoms with Crippen molar-refractivity contribution < 1.29 is 4.79 Å². The van der Waals surface area contributed by atoms with Crippen molar-refractivity contribution >= 4 is 21.1 Å². The van der Waals surface area contributed by atoms with Crippen molar-refractivity contribution in [3.8, 4) is 0 Å². The average molecular weight is 218 g/mol.